The lowest BCUT2D eigenvalue weighted by atomic mass is 10.1. The lowest BCUT2D eigenvalue weighted by Crippen LogP contribution is -2.34. The van der Waals surface area contributed by atoms with E-state index in [1.807, 2.05) is 0 Å². The van der Waals surface area contributed by atoms with E-state index in [0.29, 0.717) is 0 Å². The van der Waals surface area contributed by atoms with E-state index in [-0.39, 0.29) is 6.04 Å². The molecule has 0 spiro atoms. The second-order valence-corrected chi connectivity index (χ2v) is 4.34. The Bertz CT molecular complexity index is 320. The van der Waals surface area contributed by atoms with Crippen molar-refractivity contribution in [2.24, 2.45) is 5.73 Å². The van der Waals surface area contributed by atoms with Gasteiger partial charge in [-0.2, -0.15) is 0 Å². The molecule has 0 aliphatic rings. The van der Waals surface area contributed by atoms with Gasteiger partial charge in [0.1, 0.15) is 0 Å². The van der Waals surface area contributed by atoms with Crippen LogP contribution in [-0.2, 0) is 0 Å². The van der Waals surface area contributed by atoms with Crippen molar-refractivity contribution in [1.82, 2.24) is 0 Å². The largest absolute Gasteiger partial charge is 0.373 e. The molecule has 1 unspecified atom stereocenters. The molecule has 0 aromatic heterocycles. The third-order valence-electron chi connectivity index (χ3n) is 2.80. The predicted octanol–water partition coefficient (Wildman–Crippen LogP) is 2.48. The van der Waals surface area contributed by atoms with Crippen LogP contribution in [0.3, 0.4) is 0 Å². The van der Waals surface area contributed by atoms with Crippen LogP contribution in [0.4, 0.5) is 5.69 Å². The molecule has 0 aliphatic carbocycles. The molecule has 2 nitrogen and oxygen atoms in total. The van der Waals surface area contributed by atoms with Crippen LogP contribution in [0.5, 0.6) is 0 Å². The van der Waals surface area contributed by atoms with Crippen LogP contribution in [0, 0.1) is 13.8 Å². The molecule has 1 rings (SSSR count). The number of anilines is 1. The average Bonchev–Trinajstić information content (AvgIpc) is 2.17. The fourth-order valence-electron chi connectivity index (χ4n) is 1.81. The standard InChI is InChI=1S/C13H22N2/c1-5-12(14)9-15(4)13-7-6-10(2)8-11(13)3/h6-8,12H,5,9,14H2,1-4H3. The third-order valence-corrected chi connectivity index (χ3v) is 2.80. The van der Waals surface area contributed by atoms with Crippen molar-refractivity contribution in [2.45, 2.75) is 33.2 Å². The van der Waals surface area contributed by atoms with Crippen molar-refractivity contribution in [3.8, 4) is 0 Å². The van der Waals surface area contributed by atoms with Crippen LogP contribution in [0.1, 0.15) is 24.5 Å². The Labute approximate surface area is 93.1 Å². The Morgan fingerprint density at radius 1 is 1.33 bits per heavy atom. The van der Waals surface area contributed by atoms with Crippen LogP contribution in [-0.4, -0.2) is 19.6 Å². The summed E-state index contributed by atoms with van der Waals surface area (Å²) in [6.45, 7) is 7.31. The molecular weight excluding hydrogens is 184 g/mol. The Kier molecular flexibility index (Phi) is 4.15. The van der Waals surface area contributed by atoms with E-state index in [9.17, 15) is 0 Å². The summed E-state index contributed by atoms with van der Waals surface area (Å²) in [5.41, 5.74) is 9.86. The van der Waals surface area contributed by atoms with Gasteiger partial charge in [-0.3, -0.25) is 0 Å². The molecule has 0 saturated carbocycles. The molecule has 0 aliphatic heterocycles. The molecule has 84 valence electrons. The fraction of sp³-hybridized carbons (Fsp3) is 0.538. The summed E-state index contributed by atoms with van der Waals surface area (Å²) in [5, 5.41) is 0. The minimum Gasteiger partial charge on any atom is -0.373 e. The molecule has 0 heterocycles. The molecule has 2 heteroatoms. The topological polar surface area (TPSA) is 29.3 Å². The fourth-order valence-corrected chi connectivity index (χ4v) is 1.81. The van der Waals surface area contributed by atoms with Crippen LogP contribution >= 0.6 is 0 Å². The van der Waals surface area contributed by atoms with Gasteiger partial charge in [-0.25, -0.2) is 0 Å². The van der Waals surface area contributed by atoms with Crippen molar-refractivity contribution in [3.63, 3.8) is 0 Å². The first-order valence-electron chi connectivity index (χ1n) is 5.58. The van der Waals surface area contributed by atoms with Gasteiger partial charge >= 0.3 is 0 Å². The summed E-state index contributed by atoms with van der Waals surface area (Å²) in [7, 11) is 2.10. The molecule has 0 amide bonds. The van der Waals surface area contributed by atoms with E-state index in [1.54, 1.807) is 0 Å². The maximum atomic E-state index is 5.95. The lowest BCUT2D eigenvalue weighted by Gasteiger charge is -2.24. The van der Waals surface area contributed by atoms with E-state index in [2.05, 4.69) is 50.9 Å². The van der Waals surface area contributed by atoms with Crippen molar-refractivity contribution >= 4 is 5.69 Å². The molecule has 0 fully saturated rings. The average molecular weight is 206 g/mol. The zero-order valence-electron chi connectivity index (χ0n) is 10.2. The van der Waals surface area contributed by atoms with Gasteiger partial charge in [0, 0.05) is 25.3 Å². The summed E-state index contributed by atoms with van der Waals surface area (Å²) >= 11 is 0. The summed E-state index contributed by atoms with van der Waals surface area (Å²) in [4.78, 5) is 2.24. The summed E-state index contributed by atoms with van der Waals surface area (Å²) in [6, 6.07) is 6.79. The zero-order chi connectivity index (χ0) is 11.4. The van der Waals surface area contributed by atoms with Gasteiger partial charge in [-0.05, 0) is 31.9 Å². The first-order chi connectivity index (χ1) is 7.04. The second-order valence-electron chi connectivity index (χ2n) is 4.34. The highest BCUT2D eigenvalue weighted by molar-refractivity contribution is 5.53. The molecule has 1 atom stereocenters. The van der Waals surface area contributed by atoms with Crippen LogP contribution in [0.15, 0.2) is 18.2 Å². The van der Waals surface area contributed by atoms with Gasteiger partial charge in [-0.1, -0.05) is 24.6 Å². The number of nitrogens with two attached hydrogens (primary N) is 1. The highest BCUT2D eigenvalue weighted by Crippen LogP contribution is 2.19. The normalized spacial score (nSPS) is 12.6. The quantitative estimate of drug-likeness (QED) is 0.820. The molecule has 1 aromatic rings. The minimum atomic E-state index is 0.260. The Morgan fingerprint density at radius 2 is 2.00 bits per heavy atom. The lowest BCUT2D eigenvalue weighted by molar-refractivity contribution is 0.638. The number of benzene rings is 1. The number of likely N-dealkylation sites (N-methyl/N-ethyl adjacent to an activating group) is 1. The molecule has 0 saturated heterocycles. The van der Waals surface area contributed by atoms with Gasteiger partial charge in [0.2, 0.25) is 0 Å². The van der Waals surface area contributed by atoms with Crippen LogP contribution < -0.4 is 10.6 Å². The van der Waals surface area contributed by atoms with E-state index in [0.717, 1.165) is 13.0 Å². The number of hydrogen-bond acceptors (Lipinski definition) is 2. The Hall–Kier alpha value is -1.02. The van der Waals surface area contributed by atoms with E-state index in [4.69, 9.17) is 5.73 Å². The molecule has 15 heavy (non-hydrogen) atoms. The first-order valence-corrected chi connectivity index (χ1v) is 5.58. The molecule has 0 bridgehead atoms. The van der Waals surface area contributed by atoms with Gasteiger partial charge in [-0.15, -0.1) is 0 Å². The van der Waals surface area contributed by atoms with Crippen molar-refractivity contribution in [1.29, 1.82) is 0 Å². The second kappa shape index (κ2) is 5.17. The van der Waals surface area contributed by atoms with Crippen LogP contribution in [0.25, 0.3) is 0 Å². The van der Waals surface area contributed by atoms with Crippen molar-refractivity contribution < 1.29 is 0 Å². The van der Waals surface area contributed by atoms with Crippen LogP contribution in [0.2, 0.25) is 0 Å². The number of aryl methyl sites for hydroxylation is 2. The van der Waals surface area contributed by atoms with Crippen molar-refractivity contribution in [3.05, 3.63) is 29.3 Å². The Balaban J connectivity index is 2.77. The molecule has 0 radical (unpaired) electrons. The molecule has 2 N–H and O–H groups in total. The third kappa shape index (κ3) is 3.24. The predicted molar refractivity (Wildman–Crippen MR) is 67.5 cm³/mol. The Morgan fingerprint density at radius 3 is 2.53 bits per heavy atom. The number of hydrogen-bond donors (Lipinski definition) is 1. The van der Waals surface area contributed by atoms with Gasteiger partial charge < -0.3 is 10.6 Å². The summed E-state index contributed by atoms with van der Waals surface area (Å²) in [6.07, 6.45) is 1.02. The maximum Gasteiger partial charge on any atom is 0.0394 e. The summed E-state index contributed by atoms with van der Waals surface area (Å²) < 4.78 is 0. The smallest absolute Gasteiger partial charge is 0.0394 e. The minimum absolute atomic E-state index is 0.260. The maximum absolute atomic E-state index is 5.95. The van der Waals surface area contributed by atoms with Gasteiger partial charge in [0.05, 0.1) is 0 Å². The molecule has 1 aromatic carbocycles. The SMILES string of the molecule is CCC(N)CN(C)c1ccc(C)cc1C. The molecular formula is C13H22N2. The van der Waals surface area contributed by atoms with E-state index >= 15 is 0 Å². The number of nitrogens with zero attached hydrogens (tertiary/aromatic N) is 1. The highest BCUT2D eigenvalue weighted by atomic mass is 15.1. The van der Waals surface area contributed by atoms with E-state index < -0.39 is 0 Å². The monoisotopic (exact) mass is 206 g/mol. The summed E-state index contributed by atoms with van der Waals surface area (Å²) in [5.74, 6) is 0. The van der Waals surface area contributed by atoms with E-state index in [1.165, 1.54) is 16.8 Å². The van der Waals surface area contributed by atoms with Gasteiger partial charge in [0.15, 0.2) is 0 Å². The van der Waals surface area contributed by atoms with Gasteiger partial charge in [0.25, 0.3) is 0 Å². The zero-order valence-corrected chi connectivity index (χ0v) is 10.2. The number of rotatable bonds is 4. The van der Waals surface area contributed by atoms with Crippen molar-refractivity contribution in [2.75, 3.05) is 18.5 Å². The highest BCUT2D eigenvalue weighted by Gasteiger charge is 2.07. The first kappa shape index (κ1) is 12.1.